The van der Waals surface area contributed by atoms with Gasteiger partial charge in [-0.3, -0.25) is 9.59 Å². The summed E-state index contributed by atoms with van der Waals surface area (Å²) >= 11 is 0. The lowest BCUT2D eigenvalue weighted by molar-refractivity contribution is -0.176. The molecule has 36 heavy (non-hydrogen) atoms. The van der Waals surface area contributed by atoms with Gasteiger partial charge < -0.3 is 15.4 Å². The number of alkyl halides is 3. The molecule has 2 heterocycles. The number of carbonyl (C=O) groups is 2. The number of benzene rings is 2. The second kappa shape index (κ2) is 10.4. The topological polar surface area (TPSA) is 85.2 Å². The van der Waals surface area contributed by atoms with Crippen molar-refractivity contribution in [3.8, 4) is 16.9 Å². The molecule has 1 amide bonds. The second-order valence-electron chi connectivity index (χ2n) is 8.28. The van der Waals surface area contributed by atoms with E-state index in [1.54, 1.807) is 0 Å². The number of ether oxygens (including phenoxy) is 1. The molecule has 1 aliphatic rings. The van der Waals surface area contributed by atoms with Crippen LogP contribution in [0.4, 0.5) is 27.8 Å². The zero-order valence-corrected chi connectivity index (χ0v) is 18.7. The first kappa shape index (κ1) is 25.3. The van der Waals surface area contributed by atoms with Crippen molar-refractivity contribution >= 4 is 17.5 Å². The molecule has 2 aromatic carbocycles. The average molecular weight is 508 g/mol. The van der Waals surface area contributed by atoms with E-state index in [0.29, 0.717) is 11.4 Å². The molecule has 12 heteroatoms. The summed E-state index contributed by atoms with van der Waals surface area (Å²) in [5.41, 5.74) is 1.22. The van der Waals surface area contributed by atoms with Gasteiger partial charge in [-0.05, 0) is 48.0 Å². The number of Topliss-reactive ketones (excluding diaryl/α,β-unsaturated/α-hetero) is 1. The van der Waals surface area contributed by atoms with Crippen LogP contribution in [0.3, 0.4) is 0 Å². The SMILES string of the molecule is O=C1C[C@H](C(=O)CNc2cc(-c3cc(F)cc(COCC(F)(F)F)c3)n(-c3ccc(F)cc3)n2)CN1. The van der Waals surface area contributed by atoms with Gasteiger partial charge in [0, 0.05) is 30.5 Å². The van der Waals surface area contributed by atoms with Gasteiger partial charge in [-0.1, -0.05) is 0 Å². The lowest BCUT2D eigenvalue weighted by Gasteiger charge is -2.11. The van der Waals surface area contributed by atoms with E-state index in [4.69, 9.17) is 0 Å². The summed E-state index contributed by atoms with van der Waals surface area (Å²) in [6.45, 7) is -1.80. The number of hydrogen-bond donors (Lipinski definition) is 2. The fraction of sp³-hybridized carbons (Fsp3) is 0.292. The van der Waals surface area contributed by atoms with E-state index in [1.807, 2.05) is 0 Å². The van der Waals surface area contributed by atoms with E-state index >= 15 is 0 Å². The molecule has 0 radical (unpaired) electrons. The summed E-state index contributed by atoms with van der Waals surface area (Å²) in [6, 6.07) is 10.5. The van der Waals surface area contributed by atoms with Crippen molar-refractivity contribution in [2.24, 2.45) is 5.92 Å². The molecular formula is C24H21F5N4O3. The van der Waals surface area contributed by atoms with Crippen LogP contribution in [-0.2, 0) is 20.9 Å². The Kier molecular flexibility index (Phi) is 7.34. The fourth-order valence-corrected chi connectivity index (χ4v) is 3.77. The first-order valence-corrected chi connectivity index (χ1v) is 10.9. The van der Waals surface area contributed by atoms with Gasteiger partial charge in [-0.15, -0.1) is 5.10 Å². The Labute approximate surface area is 202 Å². The zero-order valence-electron chi connectivity index (χ0n) is 18.7. The highest BCUT2D eigenvalue weighted by atomic mass is 19.4. The third-order valence-corrected chi connectivity index (χ3v) is 5.44. The molecule has 0 saturated carbocycles. The quantitative estimate of drug-likeness (QED) is 0.427. The van der Waals surface area contributed by atoms with Crippen LogP contribution < -0.4 is 10.6 Å². The van der Waals surface area contributed by atoms with Crippen molar-refractivity contribution in [3.05, 3.63) is 65.7 Å². The normalized spacial score (nSPS) is 15.7. The maximum atomic E-state index is 14.4. The van der Waals surface area contributed by atoms with Gasteiger partial charge in [0.2, 0.25) is 5.91 Å². The number of nitrogens with one attached hydrogen (secondary N) is 2. The van der Waals surface area contributed by atoms with Gasteiger partial charge in [-0.2, -0.15) is 13.2 Å². The highest BCUT2D eigenvalue weighted by Crippen LogP contribution is 2.28. The second-order valence-corrected chi connectivity index (χ2v) is 8.28. The lowest BCUT2D eigenvalue weighted by Crippen LogP contribution is -2.24. The van der Waals surface area contributed by atoms with Crippen LogP contribution in [0.2, 0.25) is 0 Å². The monoisotopic (exact) mass is 508 g/mol. The molecule has 0 bridgehead atoms. The van der Waals surface area contributed by atoms with Crippen molar-refractivity contribution in [2.75, 3.05) is 25.0 Å². The average Bonchev–Trinajstić information content (AvgIpc) is 3.43. The van der Waals surface area contributed by atoms with Crippen molar-refractivity contribution < 1.29 is 36.3 Å². The lowest BCUT2D eigenvalue weighted by atomic mass is 10.0. The number of halogens is 5. The first-order chi connectivity index (χ1) is 17.1. The van der Waals surface area contributed by atoms with Crippen molar-refractivity contribution in [2.45, 2.75) is 19.2 Å². The molecule has 190 valence electrons. The van der Waals surface area contributed by atoms with Crippen LogP contribution in [0, 0.1) is 17.6 Å². The smallest absolute Gasteiger partial charge is 0.367 e. The Bertz CT molecular complexity index is 1260. The standard InChI is InChI=1S/C24H21F5N4O3/c25-17-1-3-19(4-2-17)33-20(9-22(32-33)30-11-21(34)16-8-23(35)31-10-16)15-5-14(6-18(26)7-15)12-36-13-24(27,28)29/h1-7,9,16H,8,10-13H2,(H,30,32)(H,31,35)/t16-/m0/s1. The Hall–Kier alpha value is -3.80. The number of rotatable bonds is 9. The number of aromatic nitrogens is 2. The van der Waals surface area contributed by atoms with Gasteiger partial charge in [0.25, 0.3) is 0 Å². The molecule has 0 aliphatic carbocycles. The minimum atomic E-state index is -4.52. The van der Waals surface area contributed by atoms with Crippen LogP contribution >= 0.6 is 0 Å². The highest BCUT2D eigenvalue weighted by Gasteiger charge is 2.28. The largest absolute Gasteiger partial charge is 0.411 e. The molecule has 0 unspecified atom stereocenters. The van der Waals surface area contributed by atoms with E-state index in [1.165, 1.54) is 47.1 Å². The number of amides is 1. The Balaban J connectivity index is 1.61. The Morgan fingerprint density at radius 1 is 1.11 bits per heavy atom. The number of ketones is 1. The Morgan fingerprint density at radius 3 is 2.53 bits per heavy atom. The molecule has 3 aromatic rings. The summed E-state index contributed by atoms with van der Waals surface area (Å²) in [4.78, 5) is 23.8. The maximum Gasteiger partial charge on any atom is 0.411 e. The van der Waals surface area contributed by atoms with Crippen LogP contribution in [0.1, 0.15) is 12.0 Å². The van der Waals surface area contributed by atoms with Gasteiger partial charge >= 0.3 is 6.18 Å². The van der Waals surface area contributed by atoms with Crippen LogP contribution in [0.25, 0.3) is 16.9 Å². The molecule has 0 spiro atoms. The number of carbonyl (C=O) groups excluding carboxylic acids is 2. The van der Waals surface area contributed by atoms with Crippen molar-refractivity contribution in [1.29, 1.82) is 0 Å². The number of anilines is 1. The molecule has 4 rings (SSSR count). The zero-order chi connectivity index (χ0) is 25.9. The fourth-order valence-electron chi connectivity index (χ4n) is 3.77. The molecule has 1 fully saturated rings. The summed E-state index contributed by atoms with van der Waals surface area (Å²) < 4.78 is 71.1. The molecule has 1 aromatic heterocycles. The van der Waals surface area contributed by atoms with Crippen molar-refractivity contribution in [3.63, 3.8) is 0 Å². The van der Waals surface area contributed by atoms with Gasteiger partial charge in [-0.25, -0.2) is 13.5 Å². The minimum Gasteiger partial charge on any atom is -0.367 e. The van der Waals surface area contributed by atoms with E-state index < -0.39 is 36.9 Å². The highest BCUT2D eigenvalue weighted by molar-refractivity contribution is 5.92. The van der Waals surface area contributed by atoms with Gasteiger partial charge in [0.1, 0.15) is 24.1 Å². The van der Waals surface area contributed by atoms with E-state index in [-0.39, 0.29) is 48.1 Å². The molecule has 1 atom stereocenters. The molecule has 2 N–H and O–H groups in total. The first-order valence-electron chi connectivity index (χ1n) is 10.9. The van der Waals surface area contributed by atoms with E-state index in [2.05, 4.69) is 20.5 Å². The maximum absolute atomic E-state index is 14.4. The number of nitrogens with zero attached hydrogens (tertiary/aromatic N) is 2. The van der Waals surface area contributed by atoms with Crippen LogP contribution in [0.5, 0.6) is 0 Å². The van der Waals surface area contributed by atoms with Crippen molar-refractivity contribution in [1.82, 2.24) is 15.1 Å². The third-order valence-electron chi connectivity index (χ3n) is 5.44. The predicted octanol–water partition coefficient (Wildman–Crippen LogP) is 4.01. The van der Waals surface area contributed by atoms with E-state index in [9.17, 15) is 31.5 Å². The summed E-state index contributed by atoms with van der Waals surface area (Å²) in [5.74, 6) is -1.78. The minimum absolute atomic E-state index is 0.109. The summed E-state index contributed by atoms with van der Waals surface area (Å²) in [6.07, 6.45) is -4.41. The van der Waals surface area contributed by atoms with E-state index in [0.717, 1.165) is 6.07 Å². The Morgan fingerprint density at radius 2 is 1.86 bits per heavy atom. The predicted molar refractivity (Wildman–Crippen MR) is 119 cm³/mol. The van der Waals surface area contributed by atoms with Gasteiger partial charge in [0.15, 0.2) is 5.78 Å². The molecule has 1 aliphatic heterocycles. The summed E-state index contributed by atoms with van der Waals surface area (Å²) in [7, 11) is 0. The third kappa shape index (κ3) is 6.45. The van der Waals surface area contributed by atoms with Gasteiger partial charge in [0.05, 0.1) is 24.5 Å². The summed E-state index contributed by atoms with van der Waals surface area (Å²) in [5, 5.41) is 9.89. The molecular weight excluding hydrogens is 487 g/mol. The molecule has 1 saturated heterocycles. The number of hydrogen-bond acceptors (Lipinski definition) is 5. The molecule has 7 nitrogen and oxygen atoms in total. The van der Waals surface area contributed by atoms with Crippen LogP contribution in [0.15, 0.2) is 48.5 Å². The van der Waals surface area contributed by atoms with Crippen LogP contribution in [-0.4, -0.2) is 47.3 Å².